The fourth-order valence-electron chi connectivity index (χ4n) is 3.34. The predicted octanol–water partition coefficient (Wildman–Crippen LogP) is 5.11. The number of ketones is 1. The number of carbonyl (C=O) groups is 3. The van der Waals surface area contributed by atoms with Crippen molar-refractivity contribution in [1.82, 2.24) is 0 Å². The van der Waals surface area contributed by atoms with E-state index in [4.69, 9.17) is 4.74 Å². The summed E-state index contributed by atoms with van der Waals surface area (Å²) < 4.78 is 4.75. The van der Waals surface area contributed by atoms with E-state index in [1.54, 1.807) is 54.6 Å². The molecule has 0 aliphatic carbocycles. The summed E-state index contributed by atoms with van der Waals surface area (Å²) in [5.74, 6) is -1.04. The first-order valence-corrected chi connectivity index (χ1v) is 9.69. The largest absolute Gasteiger partial charge is 0.465 e. The maximum absolute atomic E-state index is 12.9. The van der Waals surface area contributed by atoms with Gasteiger partial charge < -0.3 is 10.1 Å². The zero-order chi connectivity index (χ0) is 21.8. The van der Waals surface area contributed by atoms with Crippen molar-refractivity contribution in [3.8, 4) is 0 Å². The first kappa shape index (κ1) is 20.0. The summed E-state index contributed by atoms with van der Waals surface area (Å²) in [4.78, 5) is 37.4. The Kier molecular flexibility index (Phi) is 5.58. The number of carbonyl (C=O) groups excluding carboxylic acids is 3. The van der Waals surface area contributed by atoms with E-state index in [-0.39, 0.29) is 17.3 Å². The molecule has 0 unspecified atom stereocenters. The molecule has 152 valence electrons. The maximum atomic E-state index is 12.9. The van der Waals surface area contributed by atoms with Gasteiger partial charge in [0.25, 0.3) is 5.91 Å². The molecule has 5 nitrogen and oxygen atoms in total. The van der Waals surface area contributed by atoms with Crippen molar-refractivity contribution in [2.24, 2.45) is 0 Å². The van der Waals surface area contributed by atoms with Crippen LogP contribution in [0.3, 0.4) is 0 Å². The molecule has 0 aliphatic rings. The van der Waals surface area contributed by atoms with E-state index < -0.39 is 5.97 Å². The number of benzene rings is 4. The van der Waals surface area contributed by atoms with Crippen molar-refractivity contribution in [3.05, 3.63) is 113 Å². The van der Waals surface area contributed by atoms with E-state index >= 15 is 0 Å². The van der Waals surface area contributed by atoms with E-state index in [0.29, 0.717) is 22.4 Å². The second-order valence-corrected chi connectivity index (χ2v) is 6.96. The SMILES string of the molecule is COC(=O)c1ccccc1NC(=O)c1ccc(C(=O)c2ccc3ccccc3c2)cc1. The van der Waals surface area contributed by atoms with Gasteiger partial charge >= 0.3 is 5.97 Å². The Morgan fingerprint density at radius 2 is 1.29 bits per heavy atom. The number of para-hydroxylation sites is 1. The minimum Gasteiger partial charge on any atom is -0.465 e. The molecule has 1 amide bonds. The molecule has 4 rings (SSSR count). The smallest absolute Gasteiger partial charge is 0.339 e. The lowest BCUT2D eigenvalue weighted by Gasteiger charge is -2.10. The van der Waals surface area contributed by atoms with Gasteiger partial charge in [-0.2, -0.15) is 0 Å². The number of anilines is 1. The molecule has 0 fully saturated rings. The number of methoxy groups -OCH3 is 1. The number of fused-ring (bicyclic) bond motifs is 1. The number of esters is 1. The van der Waals surface area contributed by atoms with Crippen LogP contribution in [0.2, 0.25) is 0 Å². The molecule has 5 heteroatoms. The van der Waals surface area contributed by atoms with E-state index in [2.05, 4.69) is 5.32 Å². The van der Waals surface area contributed by atoms with Gasteiger partial charge in [0, 0.05) is 16.7 Å². The number of nitrogens with one attached hydrogen (secondary N) is 1. The Morgan fingerprint density at radius 1 is 0.677 bits per heavy atom. The highest BCUT2D eigenvalue weighted by atomic mass is 16.5. The van der Waals surface area contributed by atoms with Gasteiger partial charge in [0.05, 0.1) is 18.4 Å². The van der Waals surface area contributed by atoms with Crippen LogP contribution in [0.5, 0.6) is 0 Å². The van der Waals surface area contributed by atoms with E-state index in [1.165, 1.54) is 7.11 Å². The standard InChI is InChI=1S/C26H19NO4/c1-31-26(30)22-8-4-5-9-23(22)27-25(29)19-13-11-18(12-14-19)24(28)21-15-10-17-6-2-3-7-20(17)16-21/h2-16H,1H3,(H,27,29). The van der Waals surface area contributed by atoms with Gasteiger partial charge in [0.1, 0.15) is 0 Å². The molecule has 31 heavy (non-hydrogen) atoms. The van der Waals surface area contributed by atoms with Crippen molar-refractivity contribution in [2.75, 3.05) is 12.4 Å². The fourth-order valence-corrected chi connectivity index (χ4v) is 3.34. The number of rotatable bonds is 5. The normalized spacial score (nSPS) is 10.5. The summed E-state index contributed by atoms with van der Waals surface area (Å²) in [5.41, 5.74) is 2.07. The quantitative estimate of drug-likeness (QED) is 0.367. The molecule has 0 spiro atoms. The molecule has 0 radical (unpaired) electrons. The third-order valence-electron chi connectivity index (χ3n) is 5.00. The molecule has 0 bridgehead atoms. The van der Waals surface area contributed by atoms with Crippen LogP contribution < -0.4 is 5.32 Å². The summed E-state index contributed by atoms with van der Waals surface area (Å²) in [5, 5.41) is 4.78. The molecule has 0 saturated carbocycles. The van der Waals surface area contributed by atoms with Gasteiger partial charge in [-0.05, 0) is 41.1 Å². The fraction of sp³-hybridized carbons (Fsp3) is 0.0385. The first-order valence-electron chi connectivity index (χ1n) is 9.69. The Bertz CT molecular complexity index is 1290. The highest BCUT2D eigenvalue weighted by molar-refractivity contribution is 6.12. The number of amides is 1. The van der Waals surface area contributed by atoms with E-state index in [1.807, 2.05) is 36.4 Å². The molecule has 1 N–H and O–H groups in total. The Labute approximate surface area is 179 Å². The minimum atomic E-state index is -0.535. The lowest BCUT2D eigenvalue weighted by molar-refractivity contribution is 0.0602. The van der Waals surface area contributed by atoms with Crippen LogP contribution in [-0.2, 0) is 4.74 Å². The van der Waals surface area contributed by atoms with Crippen LogP contribution in [0.15, 0.2) is 91.0 Å². The molecular formula is C26H19NO4. The molecule has 0 heterocycles. The van der Waals surface area contributed by atoms with Crippen LogP contribution in [0.1, 0.15) is 36.6 Å². The zero-order valence-corrected chi connectivity index (χ0v) is 16.8. The van der Waals surface area contributed by atoms with Crippen molar-refractivity contribution in [2.45, 2.75) is 0 Å². The monoisotopic (exact) mass is 409 g/mol. The molecule has 4 aromatic rings. The third-order valence-corrected chi connectivity index (χ3v) is 5.00. The minimum absolute atomic E-state index is 0.117. The van der Waals surface area contributed by atoms with Crippen LogP contribution in [0.25, 0.3) is 10.8 Å². The van der Waals surface area contributed by atoms with Gasteiger partial charge in [0.15, 0.2) is 5.78 Å². The van der Waals surface area contributed by atoms with Crippen LogP contribution >= 0.6 is 0 Å². The molecule has 4 aromatic carbocycles. The molecule has 0 saturated heterocycles. The van der Waals surface area contributed by atoms with Crippen molar-refractivity contribution in [1.29, 1.82) is 0 Å². The van der Waals surface area contributed by atoms with Crippen LogP contribution in [-0.4, -0.2) is 24.8 Å². The summed E-state index contributed by atoms with van der Waals surface area (Å²) >= 11 is 0. The highest BCUT2D eigenvalue weighted by Crippen LogP contribution is 2.20. The topological polar surface area (TPSA) is 72.5 Å². The summed E-state index contributed by atoms with van der Waals surface area (Å²) in [6, 6.07) is 26.5. The average molecular weight is 409 g/mol. The second kappa shape index (κ2) is 8.63. The molecular weight excluding hydrogens is 390 g/mol. The van der Waals surface area contributed by atoms with Crippen molar-refractivity contribution in [3.63, 3.8) is 0 Å². The predicted molar refractivity (Wildman–Crippen MR) is 120 cm³/mol. The van der Waals surface area contributed by atoms with Gasteiger partial charge in [0.2, 0.25) is 0 Å². The Balaban J connectivity index is 1.53. The molecule has 0 aromatic heterocycles. The lowest BCUT2D eigenvalue weighted by atomic mass is 9.99. The second-order valence-electron chi connectivity index (χ2n) is 6.96. The van der Waals surface area contributed by atoms with Crippen molar-refractivity contribution >= 4 is 34.1 Å². The Morgan fingerprint density at radius 3 is 2.03 bits per heavy atom. The van der Waals surface area contributed by atoms with E-state index in [9.17, 15) is 14.4 Å². The van der Waals surface area contributed by atoms with Crippen LogP contribution in [0.4, 0.5) is 5.69 Å². The number of hydrogen-bond acceptors (Lipinski definition) is 4. The first-order chi connectivity index (χ1) is 15.1. The number of hydrogen-bond donors (Lipinski definition) is 1. The van der Waals surface area contributed by atoms with E-state index in [0.717, 1.165) is 10.8 Å². The third kappa shape index (κ3) is 4.21. The molecule has 0 aliphatic heterocycles. The highest BCUT2D eigenvalue weighted by Gasteiger charge is 2.15. The summed E-state index contributed by atoms with van der Waals surface area (Å²) in [6.07, 6.45) is 0. The van der Waals surface area contributed by atoms with Gasteiger partial charge in [-0.1, -0.05) is 60.7 Å². The summed E-state index contributed by atoms with van der Waals surface area (Å²) in [6.45, 7) is 0. The van der Waals surface area contributed by atoms with Gasteiger partial charge in [-0.15, -0.1) is 0 Å². The number of ether oxygens (including phenoxy) is 1. The maximum Gasteiger partial charge on any atom is 0.339 e. The average Bonchev–Trinajstić information content (AvgIpc) is 2.83. The van der Waals surface area contributed by atoms with Crippen molar-refractivity contribution < 1.29 is 19.1 Å². The summed E-state index contributed by atoms with van der Waals surface area (Å²) in [7, 11) is 1.28. The lowest BCUT2D eigenvalue weighted by Crippen LogP contribution is -2.15. The van der Waals surface area contributed by atoms with Crippen LogP contribution in [0, 0.1) is 0 Å². The zero-order valence-electron chi connectivity index (χ0n) is 16.8. The van der Waals surface area contributed by atoms with Gasteiger partial charge in [-0.25, -0.2) is 4.79 Å². The molecule has 0 atom stereocenters. The van der Waals surface area contributed by atoms with Gasteiger partial charge in [-0.3, -0.25) is 9.59 Å². The Hall–Kier alpha value is -4.25.